The van der Waals surface area contributed by atoms with Crippen molar-refractivity contribution >= 4 is 27.8 Å². The third-order valence-corrected chi connectivity index (χ3v) is 2.40. The van der Waals surface area contributed by atoms with E-state index in [9.17, 15) is 14.7 Å². The van der Waals surface area contributed by atoms with Crippen LogP contribution >= 0.6 is 15.9 Å². The first kappa shape index (κ1) is 13.5. The van der Waals surface area contributed by atoms with Gasteiger partial charge in [-0.3, -0.25) is 9.59 Å². The summed E-state index contributed by atoms with van der Waals surface area (Å²) in [5.74, 6) is -1.19. The molecule has 0 aliphatic carbocycles. The molecule has 6 heteroatoms. The highest BCUT2D eigenvalue weighted by Gasteiger charge is 2.12. The molecule has 0 saturated carbocycles. The van der Waals surface area contributed by atoms with Crippen LogP contribution < -0.4 is 5.32 Å². The standard InChI is InChI=1S/C11H12BrNO4/c1-2-17-10(15)6-13-11(16)8-5-7(12)3-4-9(8)14/h3-5,14H,2,6H2,1H3,(H,13,16). The average molecular weight is 302 g/mol. The van der Waals surface area contributed by atoms with E-state index in [-0.39, 0.29) is 24.5 Å². The monoisotopic (exact) mass is 301 g/mol. The molecule has 92 valence electrons. The van der Waals surface area contributed by atoms with E-state index in [1.807, 2.05) is 0 Å². The molecule has 1 amide bonds. The molecule has 0 aromatic heterocycles. The maximum Gasteiger partial charge on any atom is 0.325 e. The Bertz CT molecular complexity index is 433. The fourth-order valence-corrected chi connectivity index (χ4v) is 1.51. The van der Waals surface area contributed by atoms with Gasteiger partial charge in [0, 0.05) is 4.47 Å². The van der Waals surface area contributed by atoms with E-state index in [4.69, 9.17) is 0 Å². The first-order valence-corrected chi connectivity index (χ1v) is 5.76. The van der Waals surface area contributed by atoms with Gasteiger partial charge in [-0.05, 0) is 25.1 Å². The minimum absolute atomic E-state index is 0.101. The van der Waals surface area contributed by atoms with Crippen LogP contribution in [0.3, 0.4) is 0 Å². The van der Waals surface area contributed by atoms with Crippen molar-refractivity contribution < 1.29 is 19.4 Å². The second-order valence-electron chi connectivity index (χ2n) is 3.15. The van der Waals surface area contributed by atoms with Gasteiger partial charge in [0.25, 0.3) is 5.91 Å². The minimum atomic E-state index is -0.531. The highest BCUT2D eigenvalue weighted by molar-refractivity contribution is 9.10. The number of benzene rings is 1. The molecule has 0 bridgehead atoms. The Morgan fingerprint density at radius 2 is 2.18 bits per heavy atom. The van der Waals surface area contributed by atoms with E-state index in [1.54, 1.807) is 13.0 Å². The predicted octanol–water partition coefficient (Wildman–Crippen LogP) is 1.45. The summed E-state index contributed by atoms with van der Waals surface area (Å²) in [5.41, 5.74) is 0.101. The summed E-state index contributed by atoms with van der Waals surface area (Å²) in [5, 5.41) is 11.8. The van der Waals surface area contributed by atoms with Crippen LogP contribution in [0.5, 0.6) is 5.75 Å². The van der Waals surface area contributed by atoms with Gasteiger partial charge in [-0.15, -0.1) is 0 Å². The molecular weight excluding hydrogens is 290 g/mol. The van der Waals surface area contributed by atoms with E-state index in [1.165, 1.54) is 12.1 Å². The fourth-order valence-electron chi connectivity index (χ4n) is 1.15. The number of phenols is 1. The number of rotatable bonds is 4. The molecule has 0 heterocycles. The first-order chi connectivity index (χ1) is 8.04. The third kappa shape index (κ3) is 4.07. The number of hydrogen-bond acceptors (Lipinski definition) is 4. The van der Waals surface area contributed by atoms with Gasteiger partial charge < -0.3 is 15.2 Å². The van der Waals surface area contributed by atoms with Gasteiger partial charge in [0.2, 0.25) is 0 Å². The molecular formula is C11H12BrNO4. The van der Waals surface area contributed by atoms with Crippen molar-refractivity contribution in [3.05, 3.63) is 28.2 Å². The van der Waals surface area contributed by atoms with Crippen LogP contribution in [0.25, 0.3) is 0 Å². The Kier molecular flexibility index (Phi) is 4.96. The molecule has 0 aliphatic rings. The number of nitrogens with one attached hydrogen (secondary N) is 1. The molecule has 0 radical (unpaired) electrons. The number of halogens is 1. The van der Waals surface area contributed by atoms with Gasteiger partial charge in [0.05, 0.1) is 12.2 Å². The van der Waals surface area contributed by atoms with Crippen LogP contribution in [-0.4, -0.2) is 30.1 Å². The Labute approximate surface area is 107 Å². The number of carbonyl (C=O) groups excluding carboxylic acids is 2. The van der Waals surface area contributed by atoms with Crippen molar-refractivity contribution in [2.24, 2.45) is 0 Å². The molecule has 1 rings (SSSR count). The second-order valence-corrected chi connectivity index (χ2v) is 4.06. The normalized spacial score (nSPS) is 9.76. The summed E-state index contributed by atoms with van der Waals surface area (Å²) in [6.07, 6.45) is 0. The molecule has 0 unspecified atom stereocenters. The van der Waals surface area contributed by atoms with E-state index in [2.05, 4.69) is 26.0 Å². The van der Waals surface area contributed by atoms with Gasteiger partial charge in [0.15, 0.2) is 0 Å². The number of aromatic hydroxyl groups is 1. The topological polar surface area (TPSA) is 75.6 Å². The Morgan fingerprint density at radius 3 is 2.82 bits per heavy atom. The molecule has 0 fully saturated rings. The zero-order valence-corrected chi connectivity index (χ0v) is 10.8. The van der Waals surface area contributed by atoms with E-state index in [0.29, 0.717) is 4.47 Å². The first-order valence-electron chi connectivity index (χ1n) is 4.97. The second kappa shape index (κ2) is 6.24. The molecule has 0 spiro atoms. The summed E-state index contributed by atoms with van der Waals surface area (Å²) in [6.45, 7) is 1.72. The maximum atomic E-state index is 11.6. The van der Waals surface area contributed by atoms with Crippen molar-refractivity contribution in [2.45, 2.75) is 6.92 Å². The number of esters is 1. The summed E-state index contributed by atoms with van der Waals surface area (Å²) in [4.78, 5) is 22.6. The number of carbonyl (C=O) groups is 2. The number of phenolic OH excluding ortho intramolecular Hbond substituents is 1. The van der Waals surface area contributed by atoms with Crippen molar-refractivity contribution in [3.8, 4) is 5.75 Å². The molecule has 0 saturated heterocycles. The SMILES string of the molecule is CCOC(=O)CNC(=O)c1cc(Br)ccc1O. The largest absolute Gasteiger partial charge is 0.507 e. The maximum absolute atomic E-state index is 11.6. The van der Waals surface area contributed by atoms with E-state index in [0.717, 1.165) is 0 Å². The van der Waals surface area contributed by atoms with Crippen LogP contribution in [0.4, 0.5) is 0 Å². The Morgan fingerprint density at radius 1 is 1.47 bits per heavy atom. The van der Waals surface area contributed by atoms with Gasteiger partial charge in [0.1, 0.15) is 12.3 Å². The molecule has 2 N–H and O–H groups in total. The van der Waals surface area contributed by atoms with Gasteiger partial charge in [-0.1, -0.05) is 15.9 Å². The van der Waals surface area contributed by atoms with Crippen molar-refractivity contribution in [2.75, 3.05) is 13.2 Å². The lowest BCUT2D eigenvalue weighted by Gasteiger charge is -2.06. The summed E-state index contributed by atoms with van der Waals surface area (Å²) < 4.78 is 5.32. The smallest absolute Gasteiger partial charge is 0.325 e. The minimum Gasteiger partial charge on any atom is -0.507 e. The highest BCUT2D eigenvalue weighted by Crippen LogP contribution is 2.21. The summed E-state index contributed by atoms with van der Waals surface area (Å²) in [6, 6.07) is 4.47. The lowest BCUT2D eigenvalue weighted by atomic mass is 10.2. The summed E-state index contributed by atoms with van der Waals surface area (Å²) >= 11 is 3.19. The van der Waals surface area contributed by atoms with E-state index < -0.39 is 11.9 Å². The summed E-state index contributed by atoms with van der Waals surface area (Å²) in [7, 11) is 0. The lowest BCUT2D eigenvalue weighted by Crippen LogP contribution is -2.30. The number of ether oxygens (including phenoxy) is 1. The fraction of sp³-hybridized carbons (Fsp3) is 0.273. The van der Waals surface area contributed by atoms with Crippen LogP contribution in [0.2, 0.25) is 0 Å². The molecule has 0 aliphatic heterocycles. The Balaban J connectivity index is 2.64. The average Bonchev–Trinajstić information content (AvgIpc) is 2.29. The number of hydrogen-bond donors (Lipinski definition) is 2. The molecule has 5 nitrogen and oxygen atoms in total. The van der Waals surface area contributed by atoms with Crippen molar-refractivity contribution in [1.29, 1.82) is 0 Å². The van der Waals surface area contributed by atoms with Gasteiger partial charge in [-0.2, -0.15) is 0 Å². The molecule has 1 aromatic rings. The zero-order chi connectivity index (χ0) is 12.8. The van der Waals surface area contributed by atoms with Crippen LogP contribution in [0, 0.1) is 0 Å². The van der Waals surface area contributed by atoms with Crippen LogP contribution in [0.1, 0.15) is 17.3 Å². The third-order valence-electron chi connectivity index (χ3n) is 1.90. The Hall–Kier alpha value is -1.56. The highest BCUT2D eigenvalue weighted by atomic mass is 79.9. The molecule has 17 heavy (non-hydrogen) atoms. The van der Waals surface area contributed by atoms with Crippen LogP contribution in [0.15, 0.2) is 22.7 Å². The van der Waals surface area contributed by atoms with Crippen molar-refractivity contribution in [1.82, 2.24) is 5.32 Å². The predicted molar refractivity (Wildman–Crippen MR) is 64.8 cm³/mol. The van der Waals surface area contributed by atoms with Gasteiger partial charge in [-0.25, -0.2) is 0 Å². The molecule has 1 aromatic carbocycles. The zero-order valence-electron chi connectivity index (χ0n) is 9.20. The van der Waals surface area contributed by atoms with Gasteiger partial charge >= 0.3 is 5.97 Å². The quantitative estimate of drug-likeness (QED) is 0.825. The van der Waals surface area contributed by atoms with E-state index >= 15 is 0 Å². The van der Waals surface area contributed by atoms with Crippen molar-refractivity contribution in [3.63, 3.8) is 0 Å². The molecule has 0 atom stereocenters. The lowest BCUT2D eigenvalue weighted by molar-refractivity contribution is -0.141. The number of amides is 1. The van der Waals surface area contributed by atoms with Crippen LogP contribution in [-0.2, 0) is 9.53 Å².